The summed E-state index contributed by atoms with van der Waals surface area (Å²) in [5, 5.41) is 0. The summed E-state index contributed by atoms with van der Waals surface area (Å²) in [6, 6.07) is -0.514. The Morgan fingerprint density at radius 1 is 0.848 bits per heavy atom. The number of nitrogens with zero attached hydrogens (tertiary/aromatic N) is 1. The SMILES string of the molecule is CCC[CH2][Sn]([CH2]CCC)([CH2]CCC)[CH2]C(C(=O)OCC)N(CC/C=C/C(=O)OCC)C(C)=O. The Balaban J connectivity index is 5.85. The van der Waals surface area contributed by atoms with E-state index in [2.05, 4.69) is 20.8 Å². The molecule has 0 heterocycles. The summed E-state index contributed by atoms with van der Waals surface area (Å²) >= 11 is -2.71. The second kappa shape index (κ2) is 19.3. The number of hydrogen-bond acceptors (Lipinski definition) is 5. The third-order valence-electron chi connectivity index (χ3n) is 6.22. The van der Waals surface area contributed by atoms with Crippen LogP contribution in [0.2, 0.25) is 17.7 Å². The normalized spacial score (nSPS) is 12.5. The molecular formula is C26H49NO5Sn. The van der Waals surface area contributed by atoms with Crippen molar-refractivity contribution in [2.24, 2.45) is 0 Å². The van der Waals surface area contributed by atoms with Crippen molar-refractivity contribution in [1.82, 2.24) is 4.90 Å². The topological polar surface area (TPSA) is 72.9 Å². The number of hydrogen-bond donors (Lipinski definition) is 0. The van der Waals surface area contributed by atoms with Crippen LogP contribution < -0.4 is 0 Å². The van der Waals surface area contributed by atoms with Gasteiger partial charge in [-0.2, -0.15) is 0 Å². The van der Waals surface area contributed by atoms with Gasteiger partial charge < -0.3 is 0 Å². The van der Waals surface area contributed by atoms with Crippen LogP contribution in [0.5, 0.6) is 0 Å². The van der Waals surface area contributed by atoms with E-state index in [9.17, 15) is 14.4 Å². The molecule has 0 fully saturated rings. The fourth-order valence-electron chi connectivity index (χ4n) is 4.42. The molecule has 0 bridgehead atoms. The molecule has 0 N–H and O–H groups in total. The van der Waals surface area contributed by atoms with Gasteiger partial charge in [0.2, 0.25) is 0 Å². The van der Waals surface area contributed by atoms with Crippen molar-refractivity contribution in [3.8, 4) is 0 Å². The van der Waals surface area contributed by atoms with Gasteiger partial charge in [-0.3, -0.25) is 0 Å². The zero-order valence-electron chi connectivity index (χ0n) is 22.1. The molecule has 0 aromatic heterocycles. The molecule has 33 heavy (non-hydrogen) atoms. The average Bonchev–Trinajstić information content (AvgIpc) is 2.78. The van der Waals surface area contributed by atoms with Crippen LogP contribution in [0.4, 0.5) is 0 Å². The van der Waals surface area contributed by atoms with Gasteiger partial charge in [0.05, 0.1) is 0 Å². The fraction of sp³-hybridized carbons (Fsp3) is 0.808. The molecular weight excluding hydrogens is 525 g/mol. The van der Waals surface area contributed by atoms with Gasteiger partial charge in [-0.15, -0.1) is 0 Å². The number of amides is 1. The van der Waals surface area contributed by atoms with Crippen molar-refractivity contribution in [1.29, 1.82) is 0 Å². The minimum absolute atomic E-state index is 0.112. The molecule has 0 saturated carbocycles. The van der Waals surface area contributed by atoms with Crippen LogP contribution in [0.25, 0.3) is 0 Å². The predicted octanol–water partition coefficient (Wildman–Crippen LogP) is 6.13. The second-order valence-corrected chi connectivity index (χ2v) is 22.9. The van der Waals surface area contributed by atoms with Crippen LogP contribution in [0, 0.1) is 0 Å². The van der Waals surface area contributed by atoms with Crippen LogP contribution in [-0.4, -0.2) is 66.9 Å². The molecule has 0 aromatic carbocycles. The summed E-state index contributed by atoms with van der Waals surface area (Å²) in [4.78, 5) is 39.1. The van der Waals surface area contributed by atoms with Gasteiger partial charge in [-0.05, 0) is 0 Å². The average molecular weight is 574 g/mol. The molecule has 1 amide bonds. The Kier molecular flexibility index (Phi) is 18.7. The first-order chi connectivity index (χ1) is 15.8. The zero-order chi connectivity index (χ0) is 25.1. The van der Waals surface area contributed by atoms with E-state index in [1.54, 1.807) is 17.9 Å². The van der Waals surface area contributed by atoms with Crippen molar-refractivity contribution in [2.45, 2.75) is 110 Å². The van der Waals surface area contributed by atoms with E-state index in [0.717, 1.165) is 23.7 Å². The first-order valence-electron chi connectivity index (χ1n) is 13.1. The van der Waals surface area contributed by atoms with Gasteiger partial charge in [0, 0.05) is 0 Å². The molecule has 1 atom stereocenters. The van der Waals surface area contributed by atoms with Gasteiger partial charge in [0.15, 0.2) is 0 Å². The number of carbonyl (C=O) groups excluding carboxylic acids is 3. The molecule has 0 radical (unpaired) electrons. The number of rotatable bonds is 19. The molecule has 1 unspecified atom stereocenters. The van der Waals surface area contributed by atoms with E-state index < -0.39 is 24.4 Å². The minimum atomic E-state index is -2.71. The van der Waals surface area contributed by atoms with Crippen molar-refractivity contribution in [3.05, 3.63) is 12.2 Å². The zero-order valence-corrected chi connectivity index (χ0v) is 25.0. The van der Waals surface area contributed by atoms with Gasteiger partial charge in [0.25, 0.3) is 0 Å². The van der Waals surface area contributed by atoms with Crippen molar-refractivity contribution >= 4 is 36.2 Å². The summed E-state index contributed by atoms with van der Waals surface area (Å²) in [6.45, 7) is 12.8. The summed E-state index contributed by atoms with van der Waals surface area (Å²) in [6.07, 6.45) is 10.7. The van der Waals surface area contributed by atoms with Gasteiger partial charge in [-0.1, -0.05) is 0 Å². The van der Waals surface area contributed by atoms with Crippen molar-refractivity contribution < 1.29 is 23.9 Å². The molecule has 0 aliphatic carbocycles. The summed E-state index contributed by atoms with van der Waals surface area (Å²) < 4.78 is 15.1. The van der Waals surface area contributed by atoms with Crippen LogP contribution >= 0.6 is 0 Å². The maximum atomic E-state index is 13.1. The molecule has 0 aliphatic rings. The Morgan fingerprint density at radius 3 is 1.79 bits per heavy atom. The van der Waals surface area contributed by atoms with Gasteiger partial charge >= 0.3 is 207 Å². The van der Waals surface area contributed by atoms with Gasteiger partial charge in [0.1, 0.15) is 0 Å². The first kappa shape index (κ1) is 31.9. The first-order valence-corrected chi connectivity index (χ1v) is 21.1. The molecule has 6 nitrogen and oxygen atoms in total. The second-order valence-electron chi connectivity index (χ2n) is 8.94. The van der Waals surface area contributed by atoms with E-state index in [0.29, 0.717) is 26.2 Å². The Bertz CT molecular complexity index is 571. The Labute approximate surface area is 206 Å². The summed E-state index contributed by atoms with van der Waals surface area (Å²) in [5.74, 6) is -0.769. The third kappa shape index (κ3) is 13.4. The predicted molar refractivity (Wildman–Crippen MR) is 138 cm³/mol. The molecule has 0 saturated heterocycles. The molecule has 7 heteroatoms. The Morgan fingerprint density at radius 2 is 1.36 bits per heavy atom. The van der Waals surface area contributed by atoms with E-state index in [1.165, 1.54) is 45.6 Å². The number of ether oxygens (including phenoxy) is 2. The summed E-state index contributed by atoms with van der Waals surface area (Å²) in [7, 11) is 0. The van der Waals surface area contributed by atoms with E-state index in [-0.39, 0.29) is 17.8 Å². The fourth-order valence-corrected chi connectivity index (χ4v) is 21.2. The Hall–Kier alpha value is -1.05. The summed E-state index contributed by atoms with van der Waals surface area (Å²) in [5.41, 5.74) is 0. The number of esters is 2. The maximum absolute atomic E-state index is 13.1. The molecule has 0 spiro atoms. The van der Waals surface area contributed by atoms with Crippen LogP contribution in [-0.2, 0) is 23.9 Å². The van der Waals surface area contributed by atoms with Crippen LogP contribution in [0.1, 0.15) is 86.5 Å². The molecule has 0 aromatic rings. The molecule has 0 rings (SSSR count). The molecule has 0 aliphatic heterocycles. The standard InChI is InChI=1S/C14H22NO5.3C4H9.Sn/c1-5-19-13(17)9-7-8-10-15(12(4)16)11(3)14(18)20-6-2;3*1-3-4-2;/h7,9,11H,3,5-6,8,10H2,1-2,4H3;3*1,3-4H2,2H3;/b9-7+;;;;. The van der Waals surface area contributed by atoms with E-state index in [1.807, 2.05) is 6.92 Å². The number of carbonyl (C=O) groups is 3. The monoisotopic (exact) mass is 575 g/mol. The van der Waals surface area contributed by atoms with E-state index >= 15 is 0 Å². The van der Waals surface area contributed by atoms with Crippen LogP contribution in [0.15, 0.2) is 12.2 Å². The van der Waals surface area contributed by atoms with Crippen LogP contribution in [0.3, 0.4) is 0 Å². The quantitative estimate of drug-likeness (QED) is 0.106. The number of unbranched alkanes of at least 4 members (excludes halogenated alkanes) is 3. The van der Waals surface area contributed by atoms with E-state index in [4.69, 9.17) is 9.47 Å². The third-order valence-corrected chi connectivity index (χ3v) is 21.9. The van der Waals surface area contributed by atoms with Crippen molar-refractivity contribution in [3.63, 3.8) is 0 Å². The van der Waals surface area contributed by atoms with Gasteiger partial charge in [-0.25, -0.2) is 0 Å². The molecule has 192 valence electrons. The van der Waals surface area contributed by atoms with Crippen molar-refractivity contribution in [2.75, 3.05) is 19.8 Å².